The first kappa shape index (κ1) is 18.2. The molecule has 2 aliphatic heterocycles. The average Bonchev–Trinajstić information content (AvgIpc) is 3.18. The Labute approximate surface area is 164 Å². The number of thioether (sulfide) groups is 1. The lowest BCUT2D eigenvalue weighted by Crippen LogP contribution is -2.28. The van der Waals surface area contributed by atoms with Crippen LogP contribution in [0.2, 0.25) is 0 Å². The molecule has 27 heavy (non-hydrogen) atoms. The van der Waals surface area contributed by atoms with Crippen molar-refractivity contribution in [3.05, 3.63) is 53.9 Å². The molecular weight excluding hydrogens is 358 g/mol. The van der Waals surface area contributed by atoms with Gasteiger partial charge >= 0.3 is 0 Å². The Hall–Kier alpha value is -2.21. The lowest BCUT2D eigenvalue weighted by Gasteiger charge is -2.28. The van der Waals surface area contributed by atoms with Crippen molar-refractivity contribution in [2.45, 2.75) is 44.2 Å². The van der Waals surface area contributed by atoms with Crippen LogP contribution in [-0.2, 0) is 0 Å². The number of pyridine rings is 1. The highest BCUT2D eigenvalue weighted by molar-refractivity contribution is 8.14. The summed E-state index contributed by atoms with van der Waals surface area (Å²) in [5.41, 5.74) is 2.17. The van der Waals surface area contributed by atoms with Crippen molar-refractivity contribution >= 4 is 16.9 Å². The molecule has 0 radical (unpaired) electrons. The van der Waals surface area contributed by atoms with E-state index < -0.39 is 0 Å². The van der Waals surface area contributed by atoms with Gasteiger partial charge in [0.2, 0.25) is 0 Å². The SMILES string of the molecule is COc1cc(C2C(c3ccccn3)N=C3SC(C)CN32)ccc1OC(C)C. The van der Waals surface area contributed by atoms with Crippen LogP contribution in [0.25, 0.3) is 0 Å². The van der Waals surface area contributed by atoms with E-state index in [1.807, 2.05) is 50.0 Å². The Kier molecular flexibility index (Phi) is 5.00. The summed E-state index contributed by atoms with van der Waals surface area (Å²) < 4.78 is 11.5. The fraction of sp³-hybridized carbons (Fsp3) is 0.429. The second kappa shape index (κ2) is 7.43. The third-order valence-corrected chi connectivity index (χ3v) is 5.88. The number of amidine groups is 1. The number of fused-ring (bicyclic) bond motifs is 1. The van der Waals surface area contributed by atoms with Crippen LogP contribution in [0, 0.1) is 0 Å². The molecule has 6 heteroatoms. The molecule has 5 nitrogen and oxygen atoms in total. The van der Waals surface area contributed by atoms with Gasteiger partial charge in [-0.2, -0.15) is 0 Å². The van der Waals surface area contributed by atoms with Gasteiger partial charge in [-0.1, -0.05) is 30.8 Å². The van der Waals surface area contributed by atoms with Crippen LogP contribution >= 0.6 is 11.8 Å². The van der Waals surface area contributed by atoms with Crippen LogP contribution in [0.15, 0.2) is 47.6 Å². The molecule has 1 aromatic carbocycles. The van der Waals surface area contributed by atoms with E-state index in [0.717, 1.165) is 28.9 Å². The van der Waals surface area contributed by atoms with Gasteiger partial charge in [0.1, 0.15) is 6.04 Å². The number of ether oxygens (including phenoxy) is 2. The normalized spacial score (nSPS) is 24.1. The maximum Gasteiger partial charge on any atom is 0.161 e. The van der Waals surface area contributed by atoms with E-state index in [9.17, 15) is 0 Å². The number of benzene rings is 1. The average molecular weight is 384 g/mol. The molecule has 4 rings (SSSR count). The topological polar surface area (TPSA) is 47.0 Å². The quantitative estimate of drug-likeness (QED) is 0.762. The Morgan fingerprint density at radius 1 is 1.19 bits per heavy atom. The first-order valence-corrected chi connectivity index (χ1v) is 10.2. The molecule has 0 bridgehead atoms. The minimum atomic E-state index is -0.0113. The van der Waals surface area contributed by atoms with E-state index in [4.69, 9.17) is 14.5 Å². The molecule has 0 N–H and O–H groups in total. The lowest BCUT2D eigenvalue weighted by molar-refractivity contribution is 0.229. The highest BCUT2D eigenvalue weighted by atomic mass is 32.2. The number of rotatable bonds is 5. The zero-order valence-corrected chi connectivity index (χ0v) is 16.9. The number of aliphatic imine (C=N–C) groups is 1. The van der Waals surface area contributed by atoms with Crippen LogP contribution in [0.5, 0.6) is 11.5 Å². The fourth-order valence-electron chi connectivity index (χ4n) is 3.70. The Morgan fingerprint density at radius 3 is 2.74 bits per heavy atom. The van der Waals surface area contributed by atoms with Crippen molar-refractivity contribution in [1.29, 1.82) is 0 Å². The summed E-state index contributed by atoms with van der Waals surface area (Å²) in [5, 5.41) is 1.66. The molecule has 0 aliphatic carbocycles. The molecule has 142 valence electrons. The number of nitrogens with zero attached hydrogens (tertiary/aromatic N) is 3. The predicted octanol–water partition coefficient (Wildman–Crippen LogP) is 4.47. The van der Waals surface area contributed by atoms with E-state index >= 15 is 0 Å². The van der Waals surface area contributed by atoms with Gasteiger partial charge in [0.15, 0.2) is 16.7 Å². The molecule has 2 aliphatic rings. The molecule has 3 unspecified atom stereocenters. The van der Waals surface area contributed by atoms with Crippen LogP contribution in [0.1, 0.15) is 44.1 Å². The van der Waals surface area contributed by atoms with Gasteiger partial charge < -0.3 is 14.4 Å². The predicted molar refractivity (Wildman–Crippen MR) is 110 cm³/mol. The van der Waals surface area contributed by atoms with E-state index in [1.165, 1.54) is 5.56 Å². The van der Waals surface area contributed by atoms with Gasteiger partial charge in [-0.15, -0.1) is 0 Å². The van der Waals surface area contributed by atoms with Gasteiger partial charge in [0, 0.05) is 18.0 Å². The van der Waals surface area contributed by atoms with Gasteiger partial charge in [-0.25, -0.2) is 0 Å². The van der Waals surface area contributed by atoms with E-state index in [0.29, 0.717) is 5.25 Å². The summed E-state index contributed by atoms with van der Waals surface area (Å²) >= 11 is 1.85. The third-order valence-electron chi connectivity index (χ3n) is 4.77. The molecular formula is C21H25N3O2S. The number of hydrogen-bond acceptors (Lipinski definition) is 6. The van der Waals surface area contributed by atoms with Crippen LogP contribution in [0.3, 0.4) is 0 Å². The Bertz CT molecular complexity index is 841. The van der Waals surface area contributed by atoms with Gasteiger partial charge in [-0.3, -0.25) is 9.98 Å². The Morgan fingerprint density at radius 2 is 2.04 bits per heavy atom. The standard InChI is InChI=1S/C21H25N3O2S/c1-13(2)26-17-9-8-15(11-18(17)25-4)20-19(16-7-5-6-10-22-16)23-21-24(20)12-14(3)27-21/h5-11,13-14,19-20H,12H2,1-4H3. The van der Waals surface area contributed by atoms with Crippen LogP contribution in [-0.4, -0.2) is 40.1 Å². The van der Waals surface area contributed by atoms with Crippen LogP contribution in [0.4, 0.5) is 0 Å². The summed E-state index contributed by atoms with van der Waals surface area (Å²) in [5.74, 6) is 1.53. The van der Waals surface area contributed by atoms with E-state index in [2.05, 4.69) is 35.0 Å². The smallest absolute Gasteiger partial charge is 0.161 e. The summed E-state index contributed by atoms with van der Waals surface area (Å²) in [6.45, 7) is 7.28. The van der Waals surface area contributed by atoms with Crippen LogP contribution < -0.4 is 9.47 Å². The summed E-state index contributed by atoms with van der Waals surface area (Å²) in [6.07, 6.45) is 1.94. The fourth-order valence-corrected chi connectivity index (χ4v) is 4.79. The molecule has 1 saturated heterocycles. The zero-order chi connectivity index (χ0) is 19.0. The van der Waals surface area contributed by atoms with E-state index in [1.54, 1.807) is 7.11 Å². The van der Waals surface area contributed by atoms with E-state index in [-0.39, 0.29) is 18.2 Å². The molecule has 0 spiro atoms. The highest BCUT2D eigenvalue weighted by Gasteiger charge is 2.43. The van der Waals surface area contributed by atoms with Crippen molar-refractivity contribution in [3.63, 3.8) is 0 Å². The maximum atomic E-state index is 5.89. The lowest BCUT2D eigenvalue weighted by atomic mass is 9.96. The highest BCUT2D eigenvalue weighted by Crippen LogP contribution is 2.48. The minimum Gasteiger partial charge on any atom is -0.493 e. The molecule has 0 amide bonds. The largest absolute Gasteiger partial charge is 0.493 e. The Balaban J connectivity index is 1.73. The number of hydrogen-bond donors (Lipinski definition) is 0. The van der Waals surface area contributed by atoms with Gasteiger partial charge in [0.25, 0.3) is 0 Å². The molecule has 0 saturated carbocycles. The molecule has 2 aromatic rings. The monoisotopic (exact) mass is 383 g/mol. The molecule has 1 aromatic heterocycles. The van der Waals surface area contributed by atoms with Crippen molar-refractivity contribution in [2.24, 2.45) is 4.99 Å². The second-order valence-corrected chi connectivity index (χ2v) is 8.62. The second-order valence-electron chi connectivity index (χ2n) is 7.21. The van der Waals surface area contributed by atoms with Gasteiger partial charge in [0.05, 0.1) is 24.9 Å². The first-order valence-electron chi connectivity index (χ1n) is 9.33. The van der Waals surface area contributed by atoms with Crippen molar-refractivity contribution < 1.29 is 9.47 Å². The third kappa shape index (κ3) is 3.50. The maximum absolute atomic E-state index is 5.89. The molecule has 3 heterocycles. The van der Waals surface area contributed by atoms with Crippen molar-refractivity contribution in [3.8, 4) is 11.5 Å². The summed E-state index contributed by atoms with van der Waals surface area (Å²) in [4.78, 5) is 12.0. The zero-order valence-electron chi connectivity index (χ0n) is 16.1. The molecule has 1 fully saturated rings. The minimum absolute atomic E-state index is 0.0113. The number of aromatic nitrogens is 1. The summed E-state index contributed by atoms with van der Waals surface area (Å²) in [6, 6.07) is 12.4. The van der Waals surface area contributed by atoms with Gasteiger partial charge in [-0.05, 0) is 43.7 Å². The van der Waals surface area contributed by atoms with Crippen molar-refractivity contribution in [1.82, 2.24) is 9.88 Å². The summed E-state index contributed by atoms with van der Waals surface area (Å²) in [7, 11) is 1.69. The molecule has 3 atom stereocenters. The number of methoxy groups -OCH3 is 1. The first-order chi connectivity index (χ1) is 13.1. The van der Waals surface area contributed by atoms with Crippen molar-refractivity contribution in [2.75, 3.05) is 13.7 Å².